The number of nitrogens with two attached hydrogens (primary N) is 1. The van der Waals surface area contributed by atoms with E-state index in [0.29, 0.717) is 10.6 Å². The number of primary amides is 1. The second-order valence-corrected chi connectivity index (χ2v) is 7.17. The SMILES string of the molecule is CCc1ccc(-c2c(C)sc(NC(=O)CCCC(=O)O)c2C(N)=O)cc1. The Balaban J connectivity index is 2.29. The van der Waals surface area contributed by atoms with Crippen LogP contribution in [0.25, 0.3) is 11.1 Å². The second kappa shape index (κ2) is 8.62. The number of carboxylic acids is 1. The van der Waals surface area contributed by atoms with E-state index in [-0.39, 0.29) is 25.2 Å². The summed E-state index contributed by atoms with van der Waals surface area (Å²) in [7, 11) is 0. The molecule has 138 valence electrons. The average Bonchev–Trinajstić information content (AvgIpc) is 2.90. The van der Waals surface area contributed by atoms with E-state index in [2.05, 4.69) is 12.2 Å². The first kappa shape index (κ1) is 19.7. The molecule has 0 radical (unpaired) electrons. The number of rotatable bonds is 8. The number of anilines is 1. The molecule has 1 heterocycles. The van der Waals surface area contributed by atoms with Crippen LogP contribution < -0.4 is 11.1 Å². The van der Waals surface area contributed by atoms with Gasteiger partial charge in [0, 0.05) is 23.3 Å². The Hall–Kier alpha value is -2.67. The molecule has 7 heteroatoms. The lowest BCUT2D eigenvalue weighted by Crippen LogP contribution is -2.17. The van der Waals surface area contributed by atoms with Crippen LogP contribution in [0.1, 0.15) is 47.0 Å². The van der Waals surface area contributed by atoms with Gasteiger partial charge in [0.05, 0.1) is 5.56 Å². The topological polar surface area (TPSA) is 109 Å². The molecule has 0 aliphatic heterocycles. The minimum absolute atomic E-state index is 0.0714. The zero-order valence-electron chi connectivity index (χ0n) is 14.8. The first-order valence-corrected chi connectivity index (χ1v) is 9.19. The van der Waals surface area contributed by atoms with Gasteiger partial charge in [-0.3, -0.25) is 14.4 Å². The highest BCUT2D eigenvalue weighted by Gasteiger charge is 2.22. The summed E-state index contributed by atoms with van der Waals surface area (Å²) in [5, 5.41) is 11.8. The molecule has 1 aromatic heterocycles. The normalized spacial score (nSPS) is 10.5. The summed E-state index contributed by atoms with van der Waals surface area (Å²) in [6.07, 6.45) is 1.16. The van der Waals surface area contributed by atoms with Crippen molar-refractivity contribution in [1.29, 1.82) is 0 Å². The Morgan fingerprint density at radius 2 is 1.81 bits per heavy atom. The number of nitrogens with one attached hydrogen (secondary N) is 1. The summed E-state index contributed by atoms with van der Waals surface area (Å²) >= 11 is 1.29. The Bertz CT molecular complexity index is 825. The number of benzene rings is 1. The highest BCUT2D eigenvalue weighted by molar-refractivity contribution is 7.17. The second-order valence-electron chi connectivity index (χ2n) is 5.95. The number of aliphatic carboxylic acids is 1. The summed E-state index contributed by atoms with van der Waals surface area (Å²) in [6.45, 7) is 3.94. The van der Waals surface area contributed by atoms with Gasteiger partial charge in [-0.25, -0.2) is 0 Å². The monoisotopic (exact) mass is 374 g/mol. The first-order chi connectivity index (χ1) is 12.3. The van der Waals surface area contributed by atoms with Crippen molar-refractivity contribution in [2.45, 2.75) is 39.5 Å². The van der Waals surface area contributed by atoms with Crippen LogP contribution in [0.15, 0.2) is 24.3 Å². The van der Waals surface area contributed by atoms with Crippen LogP contribution in [-0.2, 0) is 16.0 Å². The molecule has 0 aliphatic carbocycles. The molecule has 1 aromatic carbocycles. The lowest BCUT2D eigenvalue weighted by molar-refractivity contribution is -0.137. The van der Waals surface area contributed by atoms with Crippen molar-refractivity contribution in [3.8, 4) is 11.1 Å². The van der Waals surface area contributed by atoms with E-state index in [1.54, 1.807) is 0 Å². The third-order valence-corrected chi connectivity index (χ3v) is 5.05. The number of hydrogen-bond donors (Lipinski definition) is 3. The first-order valence-electron chi connectivity index (χ1n) is 8.37. The minimum atomic E-state index is -0.944. The van der Waals surface area contributed by atoms with Gasteiger partial charge in [-0.15, -0.1) is 11.3 Å². The van der Waals surface area contributed by atoms with Gasteiger partial charge in [0.25, 0.3) is 5.91 Å². The Morgan fingerprint density at radius 1 is 1.15 bits per heavy atom. The van der Waals surface area contributed by atoms with E-state index in [4.69, 9.17) is 10.8 Å². The molecular formula is C19H22N2O4S. The van der Waals surface area contributed by atoms with Crippen molar-refractivity contribution in [1.82, 2.24) is 0 Å². The van der Waals surface area contributed by atoms with Gasteiger partial charge in [0.2, 0.25) is 5.91 Å². The Labute approximate surface area is 156 Å². The van der Waals surface area contributed by atoms with Crippen LogP contribution in [0.2, 0.25) is 0 Å². The van der Waals surface area contributed by atoms with Crippen molar-refractivity contribution < 1.29 is 19.5 Å². The van der Waals surface area contributed by atoms with Crippen molar-refractivity contribution in [2.24, 2.45) is 5.73 Å². The summed E-state index contributed by atoms with van der Waals surface area (Å²) in [4.78, 5) is 35.5. The number of hydrogen-bond acceptors (Lipinski definition) is 4. The van der Waals surface area contributed by atoms with Crippen LogP contribution >= 0.6 is 11.3 Å². The number of thiophene rings is 1. The zero-order chi connectivity index (χ0) is 19.3. The van der Waals surface area contributed by atoms with Crippen LogP contribution in [0.4, 0.5) is 5.00 Å². The fraction of sp³-hybridized carbons (Fsp3) is 0.316. The number of amides is 2. The highest BCUT2D eigenvalue weighted by atomic mass is 32.1. The molecule has 6 nitrogen and oxygen atoms in total. The molecule has 0 unspecified atom stereocenters. The van der Waals surface area contributed by atoms with Gasteiger partial charge >= 0.3 is 5.97 Å². The fourth-order valence-electron chi connectivity index (χ4n) is 2.71. The lowest BCUT2D eigenvalue weighted by atomic mass is 9.99. The number of carbonyl (C=O) groups excluding carboxylic acids is 2. The van der Waals surface area contributed by atoms with Gasteiger partial charge < -0.3 is 16.2 Å². The van der Waals surface area contributed by atoms with Crippen LogP contribution in [-0.4, -0.2) is 22.9 Å². The number of carboxylic acid groups (broad SMARTS) is 1. The molecule has 2 aromatic rings. The predicted molar refractivity (Wildman–Crippen MR) is 103 cm³/mol. The minimum Gasteiger partial charge on any atom is -0.481 e. The molecule has 0 saturated carbocycles. The Morgan fingerprint density at radius 3 is 2.35 bits per heavy atom. The lowest BCUT2D eigenvalue weighted by Gasteiger charge is -2.07. The van der Waals surface area contributed by atoms with Gasteiger partial charge in [0.1, 0.15) is 5.00 Å². The van der Waals surface area contributed by atoms with E-state index in [0.717, 1.165) is 22.4 Å². The third kappa shape index (κ3) is 4.70. The third-order valence-electron chi connectivity index (χ3n) is 4.03. The van der Waals surface area contributed by atoms with Crippen LogP contribution in [0.3, 0.4) is 0 Å². The zero-order valence-corrected chi connectivity index (χ0v) is 15.6. The molecule has 2 amide bonds. The van der Waals surface area contributed by atoms with Gasteiger partial charge in [-0.1, -0.05) is 31.2 Å². The molecular weight excluding hydrogens is 352 g/mol. The summed E-state index contributed by atoms with van der Waals surface area (Å²) in [6, 6.07) is 7.89. The van der Waals surface area contributed by atoms with E-state index in [1.165, 1.54) is 16.9 Å². The van der Waals surface area contributed by atoms with Crippen molar-refractivity contribution in [3.63, 3.8) is 0 Å². The maximum absolute atomic E-state index is 12.1. The number of carbonyl (C=O) groups is 3. The summed E-state index contributed by atoms with van der Waals surface area (Å²) in [5.41, 5.74) is 8.66. The highest BCUT2D eigenvalue weighted by Crippen LogP contribution is 2.39. The molecule has 0 spiro atoms. The standard InChI is InChI=1S/C19H22N2O4S/c1-3-12-7-9-13(10-8-12)16-11(2)26-19(17(16)18(20)25)21-14(22)5-4-6-15(23)24/h7-10H,3-6H2,1-2H3,(H2,20,25)(H,21,22)(H,23,24). The summed E-state index contributed by atoms with van der Waals surface area (Å²) < 4.78 is 0. The molecule has 4 N–H and O–H groups in total. The van der Waals surface area contributed by atoms with Crippen LogP contribution in [0, 0.1) is 6.92 Å². The van der Waals surface area contributed by atoms with Gasteiger partial charge in [-0.05, 0) is 30.9 Å². The summed E-state index contributed by atoms with van der Waals surface area (Å²) in [5.74, 6) is -1.88. The van der Waals surface area contributed by atoms with Gasteiger partial charge in [0.15, 0.2) is 0 Å². The maximum Gasteiger partial charge on any atom is 0.303 e. The largest absolute Gasteiger partial charge is 0.481 e. The van der Waals surface area contributed by atoms with E-state index < -0.39 is 11.9 Å². The molecule has 0 atom stereocenters. The Kier molecular flexibility index (Phi) is 6.52. The molecule has 0 aliphatic rings. The quantitative estimate of drug-likeness (QED) is 0.656. The van der Waals surface area contributed by atoms with E-state index in [1.807, 2.05) is 31.2 Å². The fourth-order valence-corrected chi connectivity index (χ4v) is 3.81. The van der Waals surface area contributed by atoms with Crippen molar-refractivity contribution in [3.05, 3.63) is 40.3 Å². The van der Waals surface area contributed by atoms with E-state index in [9.17, 15) is 14.4 Å². The van der Waals surface area contributed by atoms with Gasteiger partial charge in [-0.2, -0.15) is 0 Å². The molecule has 26 heavy (non-hydrogen) atoms. The van der Waals surface area contributed by atoms with Crippen molar-refractivity contribution in [2.75, 3.05) is 5.32 Å². The van der Waals surface area contributed by atoms with E-state index >= 15 is 0 Å². The molecule has 0 saturated heterocycles. The molecule has 2 rings (SSSR count). The maximum atomic E-state index is 12.1. The average molecular weight is 374 g/mol. The molecule has 0 bridgehead atoms. The van der Waals surface area contributed by atoms with Crippen LogP contribution in [0.5, 0.6) is 0 Å². The predicted octanol–water partition coefficient (Wildman–Crippen LogP) is 3.58. The molecule has 0 fully saturated rings. The smallest absolute Gasteiger partial charge is 0.303 e. The number of aryl methyl sites for hydroxylation is 2. The van der Waals surface area contributed by atoms with Crippen molar-refractivity contribution >= 4 is 34.1 Å².